The third kappa shape index (κ3) is 3.69. The number of fused-ring (bicyclic) bond motifs is 2. The Morgan fingerprint density at radius 3 is 2.83 bits per heavy atom. The summed E-state index contributed by atoms with van der Waals surface area (Å²) in [4.78, 5) is 21.1. The van der Waals surface area contributed by atoms with E-state index in [1.807, 2.05) is 54.6 Å². The first-order valence-corrected chi connectivity index (χ1v) is 9.84. The van der Waals surface area contributed by atoms with E-state index in [4.69, 9.17) is 6.42 Å². The molecule has 4 rings (SSSR count). The predicted molar refractivity (Wildman–Crippen MR) is 118 cm³/mol. The van der Waals surface area contributed by atoms with Gasteiger partial charge < -0.3 is 5.32 Å². The number of anilines is 3. The van der Waals surface area contributed by atoms with Crippen molar-refractivity contribution in [1.82, 2.24) is 4.98 Å². The van der Waals surface area contributed by atoms with Crippen LogP contribution in [0.5, 0.6) is 0 Å². The largest absolute Gasteiger partial charge is 0.339 e. The molecule has 140 valence electrons. The molecule has 0 saturated carbocycles. The number of hydrogen-bond acceptors (Lipinski definition) is 4. The van der Waals surface area contributed by atoms with Crippen LogP contribution in [0.1, 0.15) is 22.8 Å². The van der Waals surface area contributed by atoms with E-state index in [-0.39, 0.29) is 5.91 Å². The van der Waals surface area contributed by atoms with E-state index in [2.05, 4.69) is 28.1 Å². The van der Waals surface area contributed by atoms with Gasteiger partial charge >= 0.3 is 0 Å². The lowest BCUT2D eigenvalue weighted by molar-refractivity contribution is 0.0987. The zero-order valence-corrected chi connectivity index (χ0v) is 16.6. The highest BCUT2D eigenvalue weighted by atomic mass is 32.2. The van der Waals surface area contributed by atoms with Gasteiger partial charge in [0.05, 0.1) is 23.4 Å². The summed E-state index contributed by atoms with van der Waals surface area (Å²) in [5, 5.41) is 3.29. The lowest BCUT2D eigenvalue weighted by Crippen LogP contribution is -2.31. The molecule has 1 aromatic heterocycles. The average Bonchev–Trinajstić information content (AvgIpc) is 2.86. The predicted octanol–water partition coefficient (Wildman–Crippen LogP) is 4.94. The molecule has 1 aliphatic rings. The molecule has 0 unspecified atom stereocenters. The summed E-state index contributed by atoms with van der Waals surface area (Å²) in [6, 6.07) is 17.2. The van der Waals surface area contributed by atoms with Gasteiger partial charge in [0.1, 0.15) is 5.82 Å². The summed E-state index contributed by atoms with van der Waals surface area (Å²) in [5.41, 5.74) is 3.05. The molecular formula is C24H17N3OS. The summed E-state index contributed by atoms with van der Waals surface area (Å²) in [6.07, 6.45) is 7.27. The van der Waals surface area contributed by atoms with Crippen LogP contribution in [0, 0.1) is 24.2 Å². The molecule has 29 heavy (non-hydrogen) atoms. The lowest BCUT2D eigenvalue weighted by Gasteiger charge is -2.21. The Morgan fingerprint density at radius 1 is 1.14 bits per heavy atom. The Bertz CT molecular complexity index is 1200. The summed E-state index contributed by atoms with van der Waals surface area (Å²) >= 11 is 1.57. The number of pyridine rings is 1. The molecule has 1 aliphatic heterocycles. The molecule has 0 atom stereocenters. The van der Waals surface area contributed by atoms with Gasteiger partial charge in [-0.15, -0.1) is 12.3 Å². The smallest absolute Gasteiger partial charge is 0.260 e. The molecule has 0 bridgehead atoms. The number of terminal acetylenes is 1. The maximum Gasteiger partial charge on any atom is 0.260 e. The number of rotatable bonds is 3. The minimum Gasteiger partial charge on any atom is -0.339 e. The highest BCUT2D eigenvalue weighted by Crippen LogP contribution is 2.42. The molecular weight excluding hydrogens is 378 g/mol. The van der Waals surface area contributed by atoms with Crippen LogP contribution in [0.15, 0.2) is 70.6 Å². The third-order valence-corrected chi connectivity index (χ3v) is 5.60. The first-order chi connectivity index (χ1) is 14.2. The van der Waals surface area contributed by atoms with E-state index in [9.17, 15) is 4.79 Å². The molecule has 2 aromatic carbocycles. The number of nitrogens with one attached hydrogen (secondary N) is 1. The van der Waals surface area contributed by atoms with Crippen molar-refractivity contribution in [3.63, 3.8) is 0 Å². The van der Waals surface area contributed by atoms with Crippen LogP contribution < -0.4 is 10.2 Å². The Balaban J connectivity index is 1.78. The van der Waals surface area contributed by atoms with E-state index in [1.54, 1.807) is 29.8 Å². The fraction of sp³-hybridized carbons (Fsp3) is 0.0833. The molecule has 4 nitrogen and oxygen atoms in total. The van der Waals surface area contributed by atoms with Gasteiger partial charge in [0.15, 0.2) is 0 Å². The first-order valence-electron chi connectivity index (χ1n) is 9.02. The van der Waals surface area contributed by atoms with Crippen LogP contribution in [0.4, 0.5) is 17.2 Å². The van der Waals surface area contributed by atoms with Gasteiger partial charge in [-0.25, -0.2) is 4.98 Å². The number of carbonyl (C=O) groups excluding carboxylic acids is 1. The van der Waals surface area contributed by atoms with Crippen molar-refractivity contribution >= 4 is 34.9 Å². The van der Waals surface area contributed by atoms with Crippen LogP contribution in [0.3, 0.4) is 0 Å². The Kier molecular flexibility index (Phi) is 5.24. The van der Waals surface area contributed by atoms with E-state index in [1.165, 1.54) is 0 Å². The molecule has 1 amide bonds. The number of aromatic nitrogens is 1. The molecule has 0 spiro atoms. The van der Waals surface area contributed by atoms with Crippen molar-refractivity contribution in [2.45, 2.75) is 16.7 Å². The molecule has 0 fully saturated rings. The van der Waals surface area contributed by atoms with Crippen LogP contribution in [-0.4, -0.2) is 17.4 Å². The molecule has 2 heterocycles. The van der Waals surface area contributed by atoms with Gasteiger partial charge in [0.2, 0.25) is 0 Å². The molecule has 1 N–H and O–H groups in total. The molecule has 0 saturated heterocycles. The number of amides is 1. The number of nitrogens with zero attached hydrogens (tertiary/aromatic N) is 2. The maximum absolute atomic E-state index is 13.2. The summed E-state index contributed by atoms with van der Waals surface area (Å²) in [5.74, 6) is 9.11. The van der Waals surface area contributed by atoms with Crippen LogP contribution in [0.2, 0.25) is 0 Å². The standard InChI is InChI=1S/C24H17N3OS/c1-3-5-15-27-20-13-12-18(26-23-17(4-2)9-8-14-25-23)16-22(20)29-21-11-7-6-10-19(21)24(27)28/h2,6-14,16H,15H2,1H3,(H,25,26). The number of hydrogen-bond donors (Lipinski definition) is 1. The minimum atomic E-state index is -0.0466. The fourth-order valence-electron chi connectivity index (χ4n) is 3.08. The summed E-state index contributed by atoms with van der Waals surface area (Å²) in [6.45, 7) is 2.11. The van der Waals surface area contributed by atoms with E-state index in [0.717, 1.165) is 21.2 Å². The number of carbonyl (C=O) groups is 1. The topological polar surface area (TPSA) is 45.2 Å². The average molecular weight is 395 g/mol. The fourth-order valence-corrected chi connectivity index (χ4v) is 4.19. The van der Waals surface area contributed by atoms with Crippen LogP contribution in [0.25, 0.3) is 0 Å². The summed E-state index contributed by atoms with van der Waals surface area (Å²) < 4.78 is 0. The molecule has 5 heteroatoms. The SMILES string of the molecule is C#Cc1cccnc1Nc1ccc2c(c1)Sc1ccccc1C(=O)N2CC#CC. The van der Waals surface area contributed by atoms with E-state index >= 15 is 0 Å². The highest BCUT2D eigenvalue weighted by molar-refractivity contribution is 7.99. The van der Waals surface area contributed by atoms with E-state index < -0.39 is 0 Å². The number of benzene rings is 2. The zero-order valence-electron chi connectivity index (χ0n) is 15.8. The van der Waals surface area contributed by atoms with Crippen molar-refractivity contribution in [2.24, 2.45) is 0 Å². The first kappa shape index (κ1) is 18.7. The van der Waals surface area contributed by atoms with Crippen molar-refractivity contribution in [2.75, 3.05) is 16.8 Å². The minimum absolute atomic E-state index is 0.0466. The van der Waals surface area contributed by atoms with Gasteiger partial charge in [0, 0.05) is 21.7 Å². The van der Waals surface area contributed by atoms with Crippen molar-refractivity contribution < 1.29 is 4.79 Å². The molecule has 0 radical (unpaired) electrons. The second-order valence-corrected chi connectivity index (χ2v) is 7.35. The molecule has 3 aromatic rings. The van der Waals surface area contributed by atoms with Crippen molar-refractivity contribution in [1.29, 1.82) is 0 Å². The van der Waals surface area contributed by atoms with Gasteiger partial charge in [-0.1, -0.05) is 35.7 Å². The summed E-state index contributed by atoms with van der Waals surface area (Å²) in [7, 11) is 0. The van der Waals surface area contributed by atoms with Crippen molar-refractivity contribution in [3.05, 3.63) is 71.9 Å². The van der Waals surface area contributed by atoms with Gasteiger partial charge in [-0.05, 0) is 49.4 Å². The van der Waals surface area contributed by atoms with E-state index in [0.29, 0.717) is 23.5 Å². The zero-order chi connectivity index (χ0) is 20.2. The van der Waals surface area contributed by atoms with Crippen LogP contribution >= 0.6 is 11.8 Å². The third-order valence-electron chi connectivity index (χ3n) is 4.47. The van der Waals surface area contributed by atoms with Gasteiger partial charge in [-0.2, -0.15) is 0 Å². The lowest BCUT2D eigenvalue weighted by atomic mass is 10.1. The van der Waals surface area contributed by atoms with Crippen LogP contribution in [-0.2, 0) is 0 Å². The normalized spacial score (nSPS) is 12.0. The molecule has 0 aliphatic carbocycles. The van der Waals surface area contributed by atoms with Crippen molar-refractivity contribution in [3.8, 4) is 24.2 Å². The quantitative estimate of drug-likeness (QED) is 0.638. The Hall–Kier alpha value is -3.67. The monoisotopic (exact) mass is 395 g/mol. The Morgan fingerprint density at radius 2 is 2.00 bits per heavy atom. The maximum atomic E-state index is 13.2. The second kappa shape index (κ2) is 8.14. The highest BCUT2D eigenvalue weighted by Gasteiger charge is 2.26. The van der Waals surface area contributed by atoms with Gasteiger partial charge in [-0.3, -0.25) is 9.69 Å². The van der Waals surface area contributed by atoms with Gasteiger partial charge in [0.25, 0.3) is 5.91 Å². The second-order valence-electron chi connectivity index (χ2n) is 6.27. The Labute approximate surface area is 174 Å².